The summed E-state index contributed by atoms with van der Waals surface area (Å²) in [7, 11) is 0. The maximum Gasteiger partial charge on any atom is 0.303 e. The van der Waals surface area contributed by atoms with E-state index in [2.05, 4.69) is 5.32 Å². The smallest absolute Gasteiger partial charge is 0.303 e. The predicted octanol–water partition coefficient (Wildman–Crippen LogP) is 1.39. The molecule has 1 heterocycles. The van der Waals surface area contributed by atoms with Gasteiger partial charge in [0, 0.05) is 18.5 Å². The molecule has 1 aromatic carbocycles. The van der Waals surface area contributed by atoms with E-state index < -0.39 is 5.97 Å². The quantitative estimate of drug-likeness (QED) is 0.841. The number of fused-ring (bicyclic) bond motifs is 1. The van der Waals surface area contributed by atoms with Gasteiger partial charge in [0.15, 0.2) is 0 Å². The summed E-state index contributed by atoms with van der Waals surface area (Å²) in [5.41, 5.74) is 0.894. The summed E-state index contributed by atoms with van der Waals surface area (Å²) in [4.78, 5) is 22.6. The molecule has 2 N–H and O–H groups in total. The first-order valence-electron chi connectivity index (χ1n) is 6.29. The van der Waals surface area contributed by atoms with Gasteiger partial charge < -0.3 is 15.2 Å². The second-order valence-corrected chi connectivity index (χ2v) is 4.85. The Bertz CT molecular complexity index is 486. The van der Waals surface area contributed by atoms with Crippen LogP contribution in [0, 0.1) is 5.92 Å². The lowest BCUT2D eigenvalue weighted by atomic mass is 10.00. The van der Waals surface area contributed by atoms with E-state index in [0.29, 0.717) is 13.2 Å². The minimum absolute atomic E-state index is 0.0536. The van der Waals surface area contributed by atoms with Crippen molar-refractivity contribution in [3.8, 4) is 5.75 Å². The zero-order valence-corrected chi connectivity index (χ0v) is 10.8. The highest BCUT2D eigenvalue weighted by molar-refractivity contribution is 5.85. The largest absolute Gasteiger partial charge is 0.492 e. The third-order valence-corrected chi connectivity index (χ3v) is 3.16. The molecule has 102 valence electrons. The number of benzene rings is 1. The van der Waals surface area contributed by atoms with Crippen LogP contribution in [0.2, 0.25) is 0 Å². The maximum atomic E-state index is 12.1. The van der Waals surface area contributed by atoms with Gasteiger partial charge in [0.05, 0.1) is 0 Å². The van der Waals surface area contributed by atoms with Crippen LogP contribution >= 0.6 is 0 Å². The van der Waals surface area contributed by atoms with Crippen LogP contribution in [0.1, 0.15) is 24.8 Å². The molecule has 1 amide bonds. The monoisotopic (exact) mass is 263 g/mol. The Balaban J connectivity index is 1.90. The van der Waals surface area contributed by atoms with Crippen molar-refractivity contribution >= 4 is 11.9 Å². The number of rotatable bonds is 5. The van der Waals surface area contributed by atoms with Crippen LogP contribution in [0.5, 0.6) is 5.75 Å². The molecule has 0 radical (unpaired) electrons. The van der Waals surface area contributed by atoms with Gasteiger partial charge >= 0.3 is 5.97 Å². The van der Waals surface area contributed by atoms with E-state index in [1.807, 2.05) is 24.3 Å². The van der Waals surface area contributed by atoms with Gasteiger partial charge in [-0.25, -0.2) is 0 Å². The van der Waals surface area contributed by atoms with Crippen LogP contribution in [0.4, 0.5) is 0 Å². The predicted molar refractivity (Wildman–Crippen MR) is 69.1 cm³/mol. The molecule has 1 aromatic rings. The summed E-state index contributed by atoms with van der Waals surface area (Å²) < 4.78 is 5.45. The number of para-hydroxylation sites is 1. The fourth-order valence-electron chi connectivity index (χ4n) is 2.15. The molecular formula is C14H17NO4. The molecule has 0 saturated carbocycles. The first kappa shape index (κ1) is 13.4. The highest BCUT2D eigenvalue weighted by atomic mass is 16.5. The molecule has 0 aliphatic carbocycles. The number of carbonyl (C=O) groups is 2. The number of carboxylic acids is 1. The second kappa shape index (κ2) is 5.73. The number of hydrogen-bond donors (Lipinski definition) is 2. The summed E-state index contributed by atoms with van der Waals surface area (Å²) >= 11 is 0. The summed E-state index contributed by atoms with van der Waals surface area (Å²) in [6.45, 7) is 2.51. The molecule has 0 fully saturated rings. The van der Waals surface area contributed by atoms with Gasteiger partial charge in [0.1, 0.15) is 18.3 Å². The average Bonchev–Trinajstić information content (AvgIpc) is 2.79. The van der Waals surface area contributed by atoms with Crippen LogP contribution in [-0.2, 0) is 9.59 Å². The molecule has 2 atom stereocenters. The molecule has 2 rings (SSSR count). The third-order valence-electron chi connectivity index (χ3n) is 3.16. The Morgan fingerprint density at radius 3 is 2.95 bits per heavy atom. The molecule has 1 aliphatic rings. The Kier molecular flexibility index (Phi) is 4.04. The van der Waals surface area contributed by atoms with Crippen molar-refractivity contribution < 1.29 is 19.4 Å². The number of ether oxygens (including phenoxy) is 1. The number of carboxylic acid groups (broad SMARTS) is 1. The third kappa shape index (κ3) is 3.24. The topological polar surface area (TPSA) is 75.6 Å². The summed E-state index contributed by atoms with van der Waals surface area (Å²) in [6, 6.07) is 7.47. The van der Waals surface area contributed by atoms with Crippen LogP contribution < -0.4 is 10.1 Å². The van der Waals surface area contributed by atoms with Gasteiger partial charge in [0.25, 0.3) is 0 Å². The second-order valence-electron chi connectivity index (χ2n) is 4.85. The minimum Gasteiger partial charge on any atom is -0.492 e. The lowest BCUT2D eigenvalue weighted by Gasteiger charge is -2.13. The molecule has 0 spiro atoms. The zero-order chi connectivity index (χ0) is 13.8. The van der Waals surface area contributed by atoms with Crippen LogP contribution in [0.15, 0.2) is 24.3 Å². The maximum absolute atomic E-state index is 12.1. The molecule has 0 bridgehead atoms. The number of aliphatic carboxylic acids is 1. The molecule has 0 saturated heterocycles. The Morgan fingerprint density at radius 2 is 2.21 bits per heavy atom. The van der Waals surface area contributed by atoms with E-state index in [9.17, 15) is 9.59 Å². The van der Waals surface area contributed by atoms with Gasteiger partial charge in [-0.2, -0.15) is 0 Å². The van der Waals surface area contributed by atoms with Gasteiger partial charge in [-0.15, -0.1) is 0 Å². The Morgan fingerprint density at radius 1 is 1.47 bits per heavy atom. The lowest BCUT2D eigenvalue weighted by molar-refractivity contribution is -0.138. The van der Waals surface area contributed by atoms with E-state index in [1.54, 1.807) is 6.92 Å². The van der Waals surface area contributed by atoms with Crippen LogP contribution in [0.3, 0.4) is 0 Å². The SMILES string of the molecule is C[C@@H](CNC(=O)[C@@H]1COc2ccccc21)CC(=O)O. The van der Waals surface area contributed by atoms with Crippen molar-refractivity contribution in [3.63, 3.8) is 0 Å². The van der Waals surface area contributed by atoms with Crippen LogP contribution in [-0.4, -0.2) is 30.1 Å². The molecule has 19 heavy (non-hydrogen) atoms. The van der Waals surface area contributed by atoms with E-state index >= 15 is 0 Å². The Labute approximate surface area is 111 Å². The molecule has 5 nitrogen and oxygen atoms in total. The van der Waals surface area contributed by atoms with Gasteiger partial charge in [0.2, 0.25) is 5.91 Å². The van der Waals surface area contributed by atoms with E-state index in [0.717, 1.165) is 11.3 Å². The summed E-state index contributed by atoms with van der Waals surface area (Å²) in [5.74, 6) is -0.591. The van der Waals surface area contributed by atoms with Crippen molar-refractivity contribution in [2.45, 2.75) is 19.3 Å². The summed E-state index contributed by atoms with van der Waals surface area (Å²) in [5, 5.41) is 11.4. The van der Waals surface area contributed by atoms with Crippen molar-refractivity contribution in [3.05, 3.63) is 29.8 Å². The lowest BCUT2D eigenvalue weighted by Crippen LogP contribution is -2.33. The molecule has 5 heteroatoms. The van der Waals surface area contributed by atoms with Crippen molar-refractivity contribution in [2.24, 2.45) is 5.92 Å². The van der Waals surface area contributed by atoms with E-state index in [-0.39, 0.29) is 24.2 Å². The number of carbonyl (C=O) groups excluding carboxylic acids is 1. The van der Waals surface area contributed by atoms with E-state index in [1.165, 1.54) is 0 Å². The van der Waals surface area contributed by atoms with Gasteiger partial charge in [-0.3, -0.25) is 9.59 Å². The summed E-state index contributed by atoms with van der Waals surface area (Å²) in [6.07, 6.45) is 0.0536. The fourth-order valence-corrected chi connectivity index (χ4v) is 2.15. The molecule has 1 aliphatic heterocycles. The number of amides is 1. The first-order chi connectivity index (χ1) is 9.08. The van der Waals surface area contributed by atoms with Gasteiger partial charge in [-0.1, -0.05) is 25.1 Å². The molecular weight excluding hydrogens is 246 g/mol. The molecule has 0 unspecified atom stereocenters. The Hall–Kier alpha value is -2.04. The van der Waals surface area contributed by atoms with Crippen molar-refractivity contribution in [1.82, 2.24) is 5.32 Å². The molecule has 0 aromatic heterocycles. The van der Waals surface area contributed by atoms with Crippen molar-refractivity contribution in [2.75, 3.05) is 13.2 Å². The fraction of sp³-hybridized carbons (Fsp3) is 0.429. The average molecular weight is 263 g/mol. The normalized spacial score (nSPS) is 18.3. The highest BCUT2D eigenvalue weighted by Crippen LogP contribution is 2.33. The standard InChI is InChI=1S/C14H17NO4/c1-9(6-13(16)17)7-15-14(18)11-8-19-12-5-3-2-4-10(11)12/h2-5,9,11H,6-8H2,1H3,(H,15,18)(H,16,17)/t9-,11-/m1/s1. The number of nitrogens with one attached hydrogen (secondary N) is 1. The van der Waals surface area contributed by atoms with Crippen molar-refractivity contribution in [1.29, 1.82) is 0 Å². The number of hydrogen-bond acceptors (Lipinski definition) is 3. The van der Waals surface area contributed by atoms with E-state index in [4.69, 9.17) is 9.84 Å². The first-order valence-corrected chi connectivity index (χ1v) is 6.29. The van der Waals surface area contributed by atoms with Crippen LogP contribution in [0.25, 0.3) is 0 Å². The zero-order valence-electron chi connectivity index (χ0n) is 10.8. The highest BCUT2D eigenvalue weighted by Gasteiger charge is 2.29. The van der Waals surface area contributed by atoms with Gasteiger partial charge in [-0.05, 0) is 12.0 Å². The minimum atomic E-state index is -0.851.